The minimum Gasteiger partial charge on any atom is -0.381 e. The smallest absolute Gasteiger partial charge is 0.0363 e. The minimum absolute atomic E-state index is 0.820. The molecule has 1 aliphatic carbocycles. The predicted molar refractivity (Wildman–Crippen MR) is 88.2 cm³/mol. The van der Waals surface area contributed by atoms with Crippen molar-refractivity contribution in [2.24, 2.45) is 5.92 Å². The molecule has 1 aromatic carbocycles. The number of anilines is 1. The summed E-state index contributed by atoms with van der Waals surface area (Å²) >= 11 is 0. The van der Waals surface area contributed by atoms with E-state index in [0.29, 0.717) is 0 Å². The second-order valence-electron chi connectivity index (χ2n) is 6.34. The highest BCUT2D eigenvalue weighted by molar-refractivity contribution is 5.47. The molecule has 1 aromatic rings. The van der Waals surface area contributed by atoms with Crippen LogP contribution in [0.1, 0.15) is 31.2 Å². The Labute approximate surface area is 124 Å². The third kappa shape index (κ3) is 4.03. The zero-order valence-electron chi connectivity index (χ0n) is 13.4. The Morgan fingerprint density at radius 3 is 2.55 bits per heavy atom. The van der Waals surface area contributed by atoms with E-state index in [1.807, 2.05) is 0 Å². The molecule has 0 unspecified atom stereocenters. The summed E-state index contributed by atoms with van der Waals surface area (Å²) in [5, 5.41) is 0. The lowest BCUT2D eigenvalue weighted by atomic mass is 9.92. The molecule has 0 fully saturated rings. The van der Waals surface area contributed by atoms with Gasteiger partial charge in [-0.3, -0.25) is 0 Å². The number of allylic oxidation sites excluding steroid dienone is 2. The Hall–Kier alpha value is -1.44. The summed E-state index contributed by atoms with van der Waals surface area (Å²) in [4.78, 5) is 4.46. The van der Waals surface area contributed by atoms with Crippen LogP contribution in [0.2, 0.25) is 0 Å². The van der Waals surface area contributed by atoms with Crippen molar-refractivity contribution in [3.8, 4) is 0 Å². The summed E-state index contributed by atoms with van der Waals surface area (Å²) < 4.78 is 0. The third-order valence-corrected chi connectivity index (χ3v) is 4.29. The normalized spacial score (nSPS) is 19.2. The average molecular weight is 272 g/mol. The molecule has 20 heavy (non-hydrogen) atoms. The molecule has 0 radical (unpaired) electrons. The molecule has 1 atom stereocenters. The fourth-order valence-electron chi connectivity index (χ4n) is 2.99. The van der Waals surface area contributed by atoms with Gasteiger partial charge < -0.3 is 9.80 Å². The zero-order chi connectivity index (χ0) is 14.5. The largest absolute Gasteiger partial charge is 0.381 e. The highest BCUT2D eigenvalue weighted by Gasteiger charge is 2.15. The van der Waals surface area contributed by atoms with E-state index in [2.05, 4.69) is 68.3 Å². The van der Waals surface area contributed by atoms with Crippen LogP contribution in [0.15, 0.2) is 36.0 Å². The summed E-state index contributed by atoms with van der Waals surface area (Å²) in [5.74, 6) is 0.820. The second-order valence-corrected chi connectivity index (χ2v) is 6.34. The Morgan fingerprint density at radius 1 is 1.05 bits per heavy atom. The van der Waals surface area contributed by atoms with E-state index >= 15 is 0 Å². The van der Waals surface area contributed by atoms with Gasteiger partial charge in [0.1, 0.15) is 0 Å². The molecule has 110 valence electrons. The number of nitrogens with zero attached hydrogens (tertiary/aromatic N) is 2. The van der Waals surface area contributed by atoms with Gasteiger partial charge in [-0.1, -0.05) is 18.2 Å². The molecular weight excluding hydrogens is 244 g/mol. The van der Waals surface area contributed by atoms with Gasteiger partial charge in [-0.2, -0.15) is 0 Å². The lowest BCUT2D eigenvalue weighted by Crippen LogP contribution is -2.12. The van der Waals surface area contributed by atoms with Gasteiger partial charge in [-0.05, 0) is 55.7 Å². The molecule has 0 aromatic heterocycles. The first kappa shape index (κ1) is 15.0. The van der Waals surface area contributed by atoms with Crippen LogP contribution in [0.25, 0.3) is 0 Å². The van der Waals surface area contributed by atoms with E-state index in [0.717, 1.165) is 5.92 Å². The van der Waals surface area contributed by atoms with E-state index in [4.69, 9.17) is 0 Å². The molecule has 2 heteroatoms. The summed E-state index contributed by atoms with van der Waals surface area (Å²) in [5.41, 5.74) is 4.30. The number of rotatable bonds is 4. The Morgan fingerprint density at radius 2 is 1.85 bits per heavy atom. The monoisotopic (exact) mass is 272 g/mol. The summed E-state index contributed by atoms with van der Waals surface area (Å²) in [6, 6.07) is 8.98. The van der Waals surface area contributed by atoms with E-state index in [-0.39, 0.29) is 0 Å². The van der Waals surface area contributed by atoms with E-state index < -0.39 is 0 Å². The van der Waals surface area contributed by atoms with Crippen LogP contribution in [0.5, 0.6) is 0 Å². The first-order chi connectivity index (χ1) is 9.56. The molecule has 0 amide bonds. The quantitative estimate of drug-likeness (QED) is 0.819. The van der Waals surface area contributed by atoms with Crippen molar-refractivity contribution in [2.75, 3.05) is 33.1 Å². The molecule has 0 spiro atoms. The van der Waals surface area contributed by atoms with Crippen LogP contribution in [-0.2, 0) is 6.42 Å². The number of benzene rings is 1. The van der Waals surface area contributed by atoms with Crippen molar-refractivity contribution < 1.29 is 0 Å². The van der Waals surface area contributed by atoms with Crippen molar-refractivity contribution in [3.63, 3.8) is 0 Å². The van der Waals surface area contributed by atoms with Crippen molar-refractivity contribution in [1.29, 1.82) is 0 Å². The second kappa shape index (κ2) is 6.83. The lowest BCUT2D eigenvalue weighted by Gasteiger charge is -2.19. The minimum atomic E-state index is 0.820. The van der Waals surface area contributed by atoms with Crippen LogP contribution in [0, 0.1) is 5.92 Å². The summed E-state index contributed by atoms with van der Waals surface area (Å²) in [7, 11) is 8.54. The van der Waals surface area contributed by atoms with Gasteiger partial charge in [0, 0.05) is 39.6 Å². The Balaban J connectivity index is 1.96. The summed E-state index contributed by atoms with van der Waals surface area (Å²) in [6.45, 7) is 0. The Bertz CT molecular complexity index is 460. The van der Waals surface area contributed by atoms with Gasteiger partial charge in [0.15, 0.2) is 0 Å². The van der Waals surface area contributed by atoms with Crippen molar-refractivity contribution in [3.05, 3.63) is 41.6 Å². The maximum absolute atomic E-state index is 2.43. The van der Waals surface area contributed by atoms with Gasteiger partial charge in [0.05, 0.1) is 0 Å². The first-order valence-corrected chi connectivity index (χ1v) is 7.69. The van der Waals surface area contributed by atoms with Crippen LogP contribution in [-0.4, -0.2) is 33.1 Å². The van der Waals surface area contributed by atoms with Crippen LogP contribution in [0.4, 0.5) is 5.69 Å². The van der Waals surface area contributed by atoms with Gasteiger partial charge in [-0.25, -0.2) is 0 Å². The molecular formula is C18H28N2. The molecule has 0 N–H and O–H groups in total. The lowest BCUT2D eigenvalue weighted by molar-refractivity contribution is 0.431. The fraction of sp³-hybridized carbons (Fsp3) is 0.556. The topological polar surface area (TPSA) is 6.48 Å². The summed E-state index contributed by atoms with van der Waals surface area (Å²) in [6.07, 6.45) is 8.74. The Kier molecular flexibility index (Phi) is 5.11. The molecule has 0 heterocycles. The highest BCUT2D eigenvalue weighted by atomic mass is 15.1. The van der Waals surface area contributed by atoms with Crippen molar-refractivity contribution >= 4 is 5.69 Å². The molecule has 0 bridgehead atoms. The van der Waals surface area contributed by atoms with Crippen LogP contribution in [0.3, 0.4) is 0 Å². The highest BCUT2D eigenvalue weighted by Crippen LogP contribution is 2.27. The fourth-order valence-corrected chi connectivity index (χ4v) is 2.99. The SMILES string of the molecule is CN(C)C1=CCC[C@H](Cc2cccc(N(C)C)c2)CC1. The predicted octanol–water partition coefficient (Wildman–Crippen LogP) is 3.93. The van der Waals surface area contributed by atoms with Crippen molar-refractivity contribution in [2.45, 2.75) is 32.1 Å². The van der Waals surface area contributed by atoms with Gasteiger partial charge in [0.2, 0.25) is 0 Å². The average Bonchev–Trinajstić information content (AvgIpc) is 2.65. The van der Waals surface area contributed by atoms with Crippen LogP contribution < -0.4 is 4.90 Å². The maximum Gasteiger partial charge on any atom is 0.0363 e. The maximum atomic E-state index is 2.43. The molecule has 0 aliphatic heterocycles. The molecule has 2 nitrogen and oxygen atoms in total. The van der Waals surface area contributed by atoms with E-state index in [1.165, 1.54) is 49.1 Å². The molecule has 2 rings (SSSR count). The molecule has 1 aliphatic rings. The third-order valence-electron chi connectivity index (χ3n) is 4.29. The number of hydrogen-bond donors (Lipinski definition) is 0. The standard InChI is InChI=1S/C18H28N2/c1-19(2)17-9-5-7-15(11-12-17)13-16-8-6-10-18(14-16)20(3)4/h6,8-10,14-15H,5,7,11-13H2,1-4H3/t15-/m0/s1. The van der Waals surface area contributed by atoms with Gasteiger partial charge >= 0.3 is 0 Å². The van der Waals surface area contributed by atoms with Crippen molar-refractivity contribution in [1.82, 2.24) is 4.90 Å². The van der Waals surface area contributed by atoms with Gasteiger partial charge in [-0.15, -0.1) is 0 Å². The zero-order valence-corrected chi connectivity index (χ0v) is 13.4. The van der Waals surface area contributed by atoms with E-state index in [9.17, 15) is 0 Å². The first-order valence-electron chi connectivity index (χ1n) is 7.69. The van der Waals surface area contributed by atoms with E-state index in [1.54, 1.807) is 0 Å². The number of hydrogen-bond acceptors (Lipinski definition) is 2. The molecule has 0 saturated carbocycles. The van der Waals surface area contributed by atoms with Gasteiger partial charge in [0.25, 0.3) is 0 Å². The molecule has 0 saturated heterocycles. The van der Waals surface area contributed by atoms with Crippen LogP contribution >= 0.6 is 0 Å².